The summed E-state index contributed by atoms with van der Waals surface area (Å²) in [6, 6.07) is 18.0. The van der Waals surface area contributed by atoms with E-state index in [2.05, 4.69) is 34.3 Å². The first-order valence-corrected chi connectivity index (χ1v) is 9.67. The van der Waals surface area contributed by atoms with Crippen molar-refractivity contribution in [2.75, 3.05) is 26.7 Å². The molecule has 0 saturated carbocycles. The predicted octanol–water partition coefficient (Wildman–Crippen LogP) is 4.67. The molecule has 0 amide bonds. The molecule has 1 aliphatic rings. The van der Waals surface area contributed by atoms with Crippen molar-refractivity contribution in [2.45, 2.75) is 32.4 Å². The van der Waals surface area contributed by atoms with E-state index in [1.807, 2.05) is 49.5 Å². The second-order valence-electron chi connectivity index (χ2n) is 6.60. The highest BCUT2D eigenvalue weighted by Gasteiger charge is 2.21. The predicted molar refractivity (Wildman–Crippen MR) is 125 cm³/mol. The summed E-state index contributed by atoms with van der Waals surface area (Å²) in [4.78, 5) is 6.75. The molecule has 3 rings (SSSR count). The lowest BCUT2D eigenvalue weighted by atomic mass is 10.1. The quantitative estimate of drug-likeness (QED) is 0.360. The highest BCUT2D eigenvalue weighted by molar-refractivity contribution is 14.0. The van der Waals surface area contributed by atoms with Gasteiger partial charge in [0.25, 0.3) is 0 Å². The molecule has 28 heavy (non-hydrogen) atoms. The van der Waals surface area contributed by atoms with Crippen molar-refractivity contribution in [2.24, 2.45) is 4.99 Å². The zero-order valence-corrected chi connectivity index (χ0v) is 19.0. The minimum atomic E-state index is 0. The van der Waals surface area contributed by atoms with E-state index in [-0.39, 0.29) is 24.0 Å². The third-order valence-corrected chi connectivity index (χ3v) is 4.71. The van der Waals surface area contributed by atoms with Crippen LogP contribution in [0.15, 0.2) is 59.6 Å². The Bertz CT molecular complexity index is 714. The highest BCUT2D eigenvalue weighted by Crippen LogP contribution is 2.21. The molecular formula is C22H30IN3O2. The van der Waals surface area contributed by atoms with E-state index in [4.69, 9.17) is 9.47 Å². The van der Waals surface area contributed by atoms with Crippen LogP contribution >= 0.6 is 24.0 Å². The van der Waals surface area contributed by atoms with E-state index in [0.717, 1.165) is 56.5 Å². The van der Waals surface area contributed by atoms with Gasteiger partial charge >= 0.3 is 0 Å². The Morgan fingerprint density at radius 3 is 2.29 bits per heavy atom. The summed E-state index contributed by atoms with van der Waals surface area (Å²) in [6.07, 6.45) is 2.50. The van der Waals surface area contributed by atoms with E-state index in [0.29, 0.717) is 6.10 Å². The normalized spacial score (nSPS) is 15.1. The first-order chi connectivity index (χ1) is 13.3. The number of para-hydroxylation sites is 1. The summed E-state index contributed by atoms with van der Waals surface area (Å²) in [6.45, 7) is 5.55. The van der Waals surface area contributed by atoms with Crippen LogP contribution in [-0.2, 0) is 11.3 Å². The number of hydrogen-bond acceptors (Lipinski definition) is 3. The van der Waals surface area contributed by atoms with Crippen LogP contribution in [0, 0.1) is 0 Å². The SMILES string of the molecule is CCOC1CCN(C(=NC)NCc2ccc(Oc3ccccc3)cc2)CC1.I. The van der Waals surface area contributed by atoms with Crippen LogP contribution in [0.5, 0.6) is 11.5 Å². The Kier molecular flexibility index (Phi) is 9.57. The van der Waals surface area contributed by atoms with Gasteiger partial charge in [-0.05, 0) is 49.6 Å². The number of guanidine groups is 1. The van der Waals surface area contributed by atoms with Crippen molar-refractivity contribution in [3.05, 3.63) is 60.2 Å². The molecule has 6 heteroatoms. The lowest BCUT2D eigenvalue weighted by Gasteiger charge is -2.34. The number of aliphatic imine (C=N–C) groups is 1. The monoisotopic (exact) mass is 495 g/mol. The fraction of sp³-hybridized carbons (Fsp3) is 0.409. The van der Waals surface area contributed by atoms with Gasteiger partial charge in [0, 0.05) is 33.3 Å². The van der Waals surface area contributed by atoms with Crippen molar-refractivity contribution in [1.82, 2.24) is 10.2 Å². The van der Waals surface area contributed by atoms with E-state index < -0.39 is 0 Å². The minimum Gasteiger partial charge on any atom is -0.457 e. The molecule has 152 valence electrons. The Balaban J connectivity index is 0.00000280. The number of rotatable bonds is 6. The van der Waals surface area contributed by atoms with Crippen molar-refractivity contribution in [3.8, 4) is 11.5 Å². The maximum absolute atomic E-state index is 5.84. The molecule has 1 saturated heterocycles. The van der Waals surface area contributed by atoms with E-state index in [1.54, 1.807) is 0 Å². The Hall–Kier alpha value is -1.80. The molecule has 1 fully saturated rings. The number of nitrogens with one attached hydrogen (secondary N) is 1. The summed E-state index contributed by atoms with van der Waals surface area (Å²) >= 11 is 0. The van der Waals surface area contributed by atoms with Gasteiger partial charge < -0.3 is 19.7 Å². The topological polar surface area (TPSA) is 46.1 Å². The fourth-order valence-electron chi connectivity index (χ4n) is 3.28. The maximum atomic E-state index is 5.84. The molecule has 2 aromatic rings. The van der Waals surface area contributed by atoms with Crippen LogP contribution in [0.3, 0.4) is 0 Å². The average Bonchev–Trinajstić information content (AvgIpc) is 2.72. The van der Waals surface area contributed by atoms with Crippen molar-refractivity contribution < 1.29 is 9.47 Å². The van der Waals surface area contributed by atoms with Crippen LogP contribution < -0.4 is 10.1 Å². The van der Waals surface area contributed by atoms with Gasteiger partial charge in [0.1, 0.15) is 11.5 Å². The van der Waals surface area contributed by atoms with Gasteiger partial charge in [0.05, 0.1) is 6.10 Å². The smallest absolute Gasteiger partial charge is 0.193 e. The molecule has 1 aliphatic heterocycles. The van der Waals surface area contributed by atoms with Crippen molar-refractivity contribution >= 4 is 29.9 Å². The number of halogens is 1. The number of ether oxygens (including phenoxy) is 2. The highest BCUT2D eigenvalue weighted by atomic mass is 127. The summed E-state index contributed by atoms with van der Waals surface area (Å²) in [5, 5.41) is 3.47. The molecule has 5 nitrogen and oxygen atoms in total. The van der Waals surface area contributed by atoms with E-state index >= 15 is 0 Å². The largest absolute Gasteiger partial charge is 0.457 e. The molecule has 0 aliphatic carbocycles. The molecule has 0 bridgehead atoms. The standard InChI is InChI=1S/C22H29N3O2.HI/c1-3-26-19-13-15-25(16-14-19)22(23-2)24-17-18-9-11-21(12-10-18)27-20-7-5-4-6-8-20;/h4-12,19H,3,13-17H2,1-2H3,(H,23,24);1H. The third kappa shape index (κ3) is 6.67. The van der Waals surface area contributed by atoms with Crippen LogP contribution in [0.4, 0.5) is 0 Å². The number of piperidine rings is 1. The molecular weight excluding hydrogens is 465 g/mol. The van der Waals surface area contributed by atoms with Crippen LogP contribution in [0.2, 0.25) is 0 Å². The van der Waals surface area contributed by atoms with Gasteiger partial charge in [0.15, 0.2) is 5.96 Å². The number of hydrogen-bond donors (Lipinski definition) is 1. The molecule has 0 unspecified atom stereocenters. The summed E-state index contributed by atoms with van der Waals surface area (Å²) in [5.74, 6) is 2.64. The van der Waals surface area contributed by atoms with Gasteiger partial charge in [-0.2, -0.15) is 0 Å². The summed E-state index contributed by atoms with van der Waals surface area (Å²) in [5.41, 5.74) is 1.20. The minimum absolute atomic E-state index is 0. The zero-order valence-electron chi connectivity index (χ0n) is 16.6. The number of likely N-dealkylation sites (tertiary alicyclic amines) is 1. The first-order valence-electron chi connectivity index (χ1n) is 9.67. The molecule has 1 heterocycles. The molecule has 0 radical (unpaired) electrons. The van der Waals surface area contributed by atoms with Crippen LogP contribution in [0.25, 0.3) is 0 Å². The molecule has 1 N–H and O–H groups in total. The van der Waals surface area contributed by atoms with Gasteiger partial charge in [0.2, 0.25) is 0 Å². The molecule has 2 aromatic carbocycles. The van der Waals surface area contributed by atoms with E-state index in [1.165, 1.54) is 5.56 Å². The van der Waals surface area contributed by atoms with Crippen LogP contribution in [0.1, 0.15) is 25.3 Å². The van der Waals surface area contributed by atoms with Gasteiger partial charge in [-0.15, -0.1) is 24.0 Å². The third-order valence-electron chi connectivity index (χ3n) is 4.71. The number of benzene rings is 2. The van der Waals surface area contributed by atoms with Crippen LogP contribution in [-0.4, -0.2) is 43.7 Å². The fourth-order valence-corrected chi connectivity index (χ4v) is 3.28. The van der Waals surface area contributed by atoms with E-state index in [9.17, 15) is 0 Å². The van der Waals surface area contributed by atoms with Gasteiger partial charge in [-0.3, -0.25) is 4.99 Å². The maximum Gasteiger partial charge on any atom is 0.193 e. The van der Waals surface area contributed by atoms with Crippen molar-refractivity contribution in [1.29, 1.82) is 0 Å². The zero-order chi connectivity index (χ0) is 18.9. The second kappa shape index (κ2) is 11.9. The molecule has 0 aromatic heterocycles. The number of nitrogens with zero attached hydrogens (tertiary/aromatic N) is 2. The molecule has 0 spiro atoms. The average molecular weight is 495 g/mol. The Morgan fingerprint density at radius 1 is 1.04 bits per heavy atom. The lowest BCUT2D eigenvalue weighted by Crippen LogP contribution is -2.46. The van der Waals surface area contributed by atoms with Gasteiger partial charge in [-0.25, -0.2) is 0 Å². The summed E-state index contributed by atoms with van der Waals surface area (Å²) < 4.78 is 11.6. The van der Waals surface area contributed by atoms with Crippen molar-refractivity contribution in [3.63, 3.8) is 0 Å². The Morgan fingerprint density at radius 2 is 1.68 bits per heavy atom. The Labute approximate surface area is 185 Å². The second-order valence-corrected chi connectivity index (χ2v) is 6.60. The van der Waals surface area contributed by atoms with Gasteiger partial charge in [-0.1, -0.05) is 30.3 Å². The molecule has 0 atom stereocenters. The summed E-state index contributed by atoms with van der Waals surface area (Å²) in [7, 11) is 1.84. The first kappa shape index (κ1) is 22.5. The lowest BCUT2D eigenvalue weighted by molar-refractivity contribution is 0.0263.